The van der Waals surface area contributed by atoms with Crippen molar-refractivity contribution in [2.45, 2.75) is 18.9 Å². The predicted octanol–water partition coefficient (Wildman–Crippen LogP) is 0.420. The molecule has 0 radical (unpaired) electrons. The van der Waals surface area contributed by atoms with Crippen molar-refractivity contribution in [1.82, 2.24) is 4.98 Å². The molecule has 16 heavy (non-hydrogen) atoms. The lowest BCUT2D eigenvalue weighted by molar-refractivity contribution is 0.120. The third-order valence-electron chi connectivity index (χ3n) is 2.98. The summed E-state index contributed by atoms with van der Waals surface area (Å²) in [6.07, 6.45) is 3.85. The van der Waals surface area contributed by atoms with E-state index in [0.717, 1.165) is 5.56 Å². The Bertz CT molecular complexity index is 444. The first-order chi connectivity index (χ1) is 7.57. The number of aliphatic hydroxyl groups excluding tert-OH is 1. The van der Waals surface area contributed by atoms with E-state index in [1.54, 1.807) is 12.4 Å². The number of rotatable bonds is 3. The Labute approximate surface area is 95.3 Å². The highest BCUT2D eigenvalue weighted by atomic mass is 32.2. The van der Waals surface area contributed by atoms with Crippen LogP contribution >= 0.6 is 0 Å². The van der Waals surface area contributed by atoms with Crippen LogP contribution in [-0.2, 0) is 16.3 Å². The molecule has 88 valence electrons. The number of nitrogens with zero attached hydrogens (tertiary/aromatic N) is 1. The topological polar surface area (TPSA) is 67.3 Å². The quantitative estimate of drug-likeness (QED) is 0.833. The van der Waals surface area contributed by atoms with E-state index in [-0.39, 0.29) is 17.4 Å². The van der Waals surface area contributed by atoms with Crippen LogP contribution in [0.1, 0.15) is 12.0 Å². The second-order valence-corrected chi connectivity index (χ2v) is 6.52. The van der Waals surface area contributed by atoms with E-state index < -0.39 is 15.9 Å². The SMILES string of the molecule is O=S1(=O)CCC(C(O)Cc2cccnc2)C1. The van der Waals surface area contributed by atoms with E-state index in [1.807, 2.05) is 12.1 Å². The Hall–Kier alpha value is -0.940. The number of sulfone groups is 1. The number of pyridine rings is 1. The highest BCUT2D eigenvalue weighted by Gasteiger charge is 2.32. The van der Waals surface area contributed by atoms with Gasteiger partial charge in [0.1, 0.15) is 0 Å². The highest BCUT2D eigenvalue weighted by Crippen LogP contribution is 2.23. The second-order valence-electron chi connectivity index (χ2n) is 4.30. The van der Waals surface area contributed by atoms with Crippen LogP contribution in [0.15, 0.2) is 24.5 Å². The summed E-state index contributed by atoms with van der Waals surface area (Å²) in [5.74, 6) is 0.209. The van der Waals surface area contributed by atoms with E-state index in [0.29, 0.717) is 12.8 Å². The van der Waals surface area contributed by atoms with E-state index in [1.165, 1.54) is 0 Å². The summed E-state index contributed by atoms with van der Waals surface area (Å²) in [6, 6.07) is 3.70. The van der Waals surface area contributed by atoms with Crippen LogP contribution in [0, 0.1) is 5.92 Å². The third-order valence-corrected chi connectivity index (χ3v) is 4.77. The van der Waals surface area contributed by atoms with Gasteiger partial charge in [-0.15, -0.1) is 0 Å². The molecule has 1 fully saturated rings. The average Bonchev–Trinajstić information content (AvgIpc) is 2.60. The molecule has 1 N–H and O–H groups in total. The molecule has 0 aromatic carbocycles. The first-order valence-corrected chi connectivity index (χ1v) is 7.16. The minimum atomic E-state index is -2.91. The Balaban J connectivity index is 1.97. The minimum Gasteiger partial charge on any atom is -0.392 e. The summed E-state index contributed by atoms with van der Waals surface area (Å²) in [7, 11) is -2.91. The molecule has 1 aromatic rings. The molecule has 0 spiro atoms. The molecule has 5 heteroatoms. The predicted molar refractivity (Wildman–Crippen MR) is 60.7 cm³/mol. The lowest BCUT2D eigenvalue weighted by Crippen LogP contribution is -2.23. The molecule has 2 heterocycles. The summed E-state index contributed by atoms with van der Waals surface area (Å²) in [6.45, 7) is 0. The molecule has 2 unspecified atom stereocenters. The van der Waals surface area contributed by atoms with Gasteiger partial charge in [0.25, 0.3) is 0 Å². The Kier molecular flexibility index (Phi) is 3.25. The molecular weight excluding hydrogens is 226 g/mol. The molecule has 0 amide bonds. The lowest BCUT2D eigenvalue weighted by atomic mass is 9.96. The van der Waals surface area contributed by atoms with Crippen molar-refractivity contribution < 1.29 is 13.5 Å². The zero-order chi connectivity index (χ0) is 11.6. The van der Waals surface area contributed by atoms with Crippen LogP contribution in [0.25, 0.3) is 0 Å². The number of aromatic nitrogens is 1. The van der Waals surface area contributed by atoms with Gasteiger partial charge in [0.2, 0.25) is 0 Å². The Morgan fingerprint density at radius 2 is 2.38 bits per heavy atom. The molecule has 2 rings (SSSR count). The molecular formula is C11H15NO3S. The van der Waals surface area contributed by atoms with Gasteiger partial charge in [-0.05, 0) is 18.1 Å². The first-order valence-electron chi connectivity index (χ1n) is 5.34. The van der Waals surface area contributed by atoms with Gasteiger partial charge in [0.15, 0.2) is 9.84 Å². The maximum absolute atomic E-state index is 11.3. The smallest absolute Gasteiger partial charge is 0.150 e. The van der Waals surface area contributed by atoms with Crippen LogP contribution in [0.4, 0.5) is 0 Å². The molecule has 0 saturated carbocycles. The fraction of sp³-hybridized carbons (Fsp3) is 0.545. The third kappa shape index (κ3) is 2.80. The van der Waals surface area contributed by atoms with E-state index in [2.05, 4.69) is 4.98 Å². The normalized spacial score (nSPS) is 25.4. The van der Waals surface area contributed by atoms with Crippen molar-refractivity contribution in [3.63, 3.8) is 0 Å². The van der Waals surface area contributed by atoms with Gasteiger partial charge in [-0.3, -0.25) is 4.98 Å². The largest absolute Gasteiger partial charge is 0.392 e. The van der Waals surface area contributed by atoms with Crippen molar-refractivity contribution in [1.29, 1.82) is 0 Å². The molecule has 0 aliphatic carbocycles. The highest BCUT2D eigenvalue weighted by molar-refractivity contribution is 7.91. The van der Waals surface area contributed by atoms with Crippen molar-refractivity contribution in [3.8, 4) is 0 Å². The van der Waals surface area contributed by atoms with Crippen LogP contribution < -0.4 is 0 Å². The lowest BCUT2D eigenvalue weighted by Gasteiger charge is -2.16. The van der Waals surface area contributed by atoms with Gasteiger partial charge in [-0.1, -0.05) is 6.07 Å². The minimum absolute atomic E-state index is 0.119. The maximum Gasteiger partial charge on any atom is 0.150 e. The number of aliphatic hydroxyl groups is 1. The van der Waals surface area contributed by atoms with Gasteiger partial charge in [-0.25, -0.2) is 8.42 Å². The van der Waals surface area contributed by atoms with Gasteiger partial charge < -0.3 is 5.11 Å². The Morgan fingerprint density at radius 1 is 1.56 bits per heavy atom. The van der Waals surface area contributed by atoms with Crippen molar-refractivity contribution in [2.75, 3.05) is 11.5 Å². The fourth-order valence-corrected chi connectivity index (χ4v) is 3.92. The van der Waals surface area contributed by atoms with Crippen molar-refractivity contribution in [2.24, 2.45) is 5.92 Å². The van der Waals surface area contributed by atoms with Crippen LogP contribution in [0.2, 0.25) is 0 Å². The van der Waals surface area contributed by atoms with E-state index in [4.69, 9.17) is 0 Å². The van der Waals surface area contributed by atoms with Gasteiger partial charge in [0, 0.05) is 24.7 Å². The van der Waals surface area contributed by atoms with Crippen LogP contribution in [0.3, 0.4) is 0 Å². The zero-order valence-corrected chi connectivity index (χ0v) is 9.73. The van der Waals surface area contributed by atoms with Crippen molar-refractivity contribution >= 4 is 9.84 Å². The maximum atomic E-state index is 11.3. The summed E-state index contributed by atoms with van der Waals surface area (Å²) >= 11 is 0. The molecule has 0 bridgehead atoms. The summed E-state index contributed by atoms with van der Waals surface area (Å²) in [5.41, 5.74) is 0.944. The second kappa shape index (κ2) is 4.51. The Morgan fingerprint density at radius 3 is 2.94 bits per heavy atom. The number of hydrogen-bond donors (Lipinski definition) is 1. The first kappa shape index (κ1) is 11.5. The van der Waals surface area contributed by atoms with E-state index in [9.17, 15) is 13.5 Å². The molecule has 1 aliphatic rings. The summed E-state index contributed by atoms with van der Waals surface area (Å²) < 4.78 is 22.5. The fourth-order valence-electron chi connectivity index (χ4n) is 2.05. The zero-order valence-electron chi connectivity index (χ0n) is 8.91. The number of hydrogen-bond acceptors (Lipinski definition) is 4. The van der Waals surface area contributed by atoms with Crippen LogP contribution in [-0.4, -0.2) is 36.1 Å². The summed E-state index contributed by atoms with van der Waals surface area (Å²) in [5, 5.41) is 9.94. The van der Waals surface area contributed by atoms with Gasteiger partial charge >= 0.3 is 0 Å². The molecule has 4 nitrogen and oxygen atoms in total. The van der Waals surface area contributed by atoms with E-state index >= 15 is 0 Å². The standard InChI is InChI=1S/C11H15NO3S/c13-11(6-9-2-1-4-12-7-9)10-3-5-16(14,15)8-10/h1-2,4,7,10-11,13H,3,5-6,8H2. The summed E-state index contributed by atoms with van der Waals surface area (Å²) in [4.78, 5) is 3.96. The van der Waals surface area contributed by atoms with Crippen molar-refractivity contribution in [3.05, 3.63) is 30.1 Å². The van der Waals surface area contributed by atoms with Gasteiger partial charge in [0.05, 0.1) is 17.6 Å². The average molecular weight is 241 g/mol. The molecule has 1 aromatic heterocycles. The molecule has 1 saturated heterocycles. The molecule has 2 atom stereocenters. The molecule has 1 aliphatic heterocycles. The van der Waals surface area contributed by atoms with Gasteiger partial charge in [-0.2, -0.15) is 0 Å². The van der Waals surface area contributed by atoms with Crippen LogP contribution in [0.5, 0.6) is 0 Å². The monoisotopic (exact) mass is 241 g/mol.